The van der Waals surface area contributed by atoms with Crippen molar-refractivity contribution in [2.45, 2.75) is 44.3 Å². The Kier molecular flexibility index (Phi) is 4.67. The first-order chi connectivity index (χ1) is 13.3. The fourth-order valence-corrected chi connectivity index (χ4v) is 3.81. The third kappa shape index (κ3) is 3.64. The van der Waals surface area contributed by atoms with E-state index >= 15 is 0 Å². The van der Waals surface area contributed by atoms with Crippen molar-refractivity contribution in [2.75, 3.05) is 13.1 Å². The zero-order valence-corrected chi connectivity index (χ0v) is 15.3. The summed E-state index contributed by atoms with van der Waals surface area (Å²) in [6.07, 6.45) is -1.69. The van der Waals surface area contributed by atoms with Gasteiger partial charge < -0.3 is 10.1 Å². The molecule has 1 atom stereocenters. The number of halogens is 3. The minimum Gasteiger partial charge on any atom is -0.343 e. The van der Waals surface area contributed by atoms with Gasteiger partial charge in [0.1, 0.15) is 11.8 Å². The molecule has 0 aliphatic carbocycles. The number of piperidine rings is 1. The largest absolute Gasteiger partial charge is 0.416 e. The van der Waals surface area contributed by atoms with Crippen molar-refractivity contribution in [3.63, 3.8) is 0 Å². The summed E-state index contributed by atoms with van der Waals surface area (Å²) in [6.45, 7) is 3.85. The van der Waals surface area contributed by atoms with E-state index in [4.69, 9.17) is 4.74 Å². The number of nitrogens with one attached hydrogen (secondary N) is 2. The molecule has 1 amide bonds. The number of ether oxygens (including phenoxy) is 1. The molecule has 2 N–H and O–H groups in total. The highest BCUT2D eigenvalue weighted by Crippen LogP contribution is 2.33. The lowest BCUT2D eigenvalue weighted by Gasteiger charge is -2.38. The van der Waals surface area contributed by atoms with E-state index in [0.717, 1.165) is 30.8 Å². The van der Waals surface area contributed by atoms with Crippen LogP contribution in [0.25, 0.3) is 11.3 Å². The van der Waals surface area contributed by atoms with Crippen LogP contribution in [-0.2, 0) is 22.3 Å². The van der Waals surface area contributed by atoms with E-state index in [-0.39, 0.29) is 5.91 Å². The monoisotopic (exact) mass is 394 g/mol. The predicted octanol–water partition coefficient (Wildman–Crippen LogP) is 2.92. The molecule has 0 bridgehead atoms. The number of amides is 1. The summed E-state index contributed by atoms with van der Waals surface area (Å²) in [6, 6.07) is 5.06. The second kappa shape index (κ2) is 6.89. The highest BCUT2D eigenvalue weighted by molar-refractivity contribution is 5.82. The molecule has 150 valence electrons. The highest BCUT2D eigenvalue weighted by Gasteiger charge is 2.45. The van der Waals surface area contributed by atoms with Gasteiger partial charge in [0.2, 0.25) is 0 Å². The lowest BCUT2D eigenvalue weighted by molar-refractivity contribution is -0.137. The Balaban J connectivity index is 1.42. The summed E-state index contributed by atoms with van der Waals surface area (Å²) in [5, 5.41) is 9.92. The minimum absolute atomic E-state index is 0.0760. The van der Waals surface area contributed by atoms with Crippen molar-refractivity contribution in [2.24, 2.45) is 0 Å². The van der Waals surface area contributed by atoms with Gasteiger partial charge in [0.25, 0.3) is 5.91 Å². The van der Waals surface area contributed by atoms with Crippen LogP contribution in [0, 0.1) is 0 Å². The molecule has 0 saturated carbocycles. The van der Waals surface area contributed by atoms with E-state index in [0.29, 0.717) is 30.6 Å². The molecule has 6 nitrogen and oxygen atoms in total. The molecule has 1 aromatic heterocycles. The lowest BCUT2D eigenvalue weighted by Crippen LogP contribution is -2.51. The molecule has 1 unspecified atom stereocenters. The van der Waals surface area contributed by atoms with Gasteiger partial charge >= 0.3 is 6.18 Å². The molecule has 28 heavy (non-hydrogen) atoms. The van der Waals surface area contributed by atoms with Gasteiger partial charge in [-0.1, -0.05) is 12.1 Å². The van der Waals surface area contributed by atoms with E-state index in [1.54, 1.807) is 13.1 Å². The van der Waals surface area contributed by atoms with E-state index in [1.807, 2.05) is 0 Å². The molecule has 2 aliphatic rings. The van der Waals surface area contributed by atoms with Crippen molar-refractivity contribution in [3.8, 4) is 11.3 Å². The maximum atomic E-state index is 12.8. The first-order valence-corrected chi connectivity index (χ1v) is 9.18. The minimum atomic E-state index is -4.35. The van der Waals surface area contributed by atoms with Crippen molar-refractivity contribution in [1.82, 2.24) is 20.4 Å². The maximum Gasteiger partial charge on any atom is 0.416 e. The molecule has 9 heteroatoms. The molecule has 3 heterocycles. The Hall–Kier alpha value is -2.39. The maximum absolute atomic E-state index is 12.8. The SMILES string of the molecule is CC1OC2(CCN(Cc3cn[nH]c3-c3ccc(C(F)(F)F)cc3)CC2)NC1=O. The van der Waals surface area contributed by atoms with Gasteiger partial charge in [0.15, 0.2) is 0 Å². The first-order valence-electron chi connectivity index (χ1n) is 9.18. The van der Waals surface area contributed by atoms with Crippen LogP contribution in [0.4, 0.5) is 13.2 Å². The number of nitrogens with zero attached hydrogens (tertiary/aromatic N) is 2. The topological polar surface area (TPSA) is 70.2 Å². The number of carbonyl (C=O) groups is 1. The summed E-state index contributed by atoms with van der Waals surface area (Å²) in [7, 11) is 0. The van der Waals surface area contributed by atoms with Gasteiger partial charge in [-0.05, 0) is 24.6 Å². The first kappa shape index (κ1) is 18.9. The lowest BCUT2D eigenvalue weighted by atomic mass is 9.99. The van der Waals surface area contributed by atoms with Crippen LogP contribution >= 0.6 is 0 Å². The number of benzene rings is 1. The Bertz CT molecular complexity index is 855. The van der Waals surface area contributed by atoms with E-state index in [2.05, 4.69) is 20.4 Å². The molecule has 4 rings (SSSR count). The standard InChI is InChI=1S/C19H21F3N4O2/c1-12-17(27)24-18(28-12)6-8-26(9-7-18)11-14-10-23-25-16(14)13-2-4-15(5-3-13)19(20,21)22/h2-5,10,12H,6-9,11H2,1H3,(H,23,25)(H,24,27). The fourth-order valence-electron chi connectivity index (χ4n) is 3.81. The summed E-state index contributed by atoms with van der Waals surface area (Å²) in [4.78, 5) is 14.0. The van der Waals surface area contributed by atoms with E-state index < -0.39 is 23.6 Å². The Morgan fingerprint density at radius 3 is 2.50 bits per heavy atom. The summed E-state index contributed by atoms with van der Waals surface area (Å²) in [5.41, 5.74) is 1.05. The van der Waals surface area contributed by atoms with Crippen LogP contribution in [0.5, 0.6) is 0 Å². The van der Waals surface area contributed by atoms with Crippen LogP contribution in [-0.4, -0.2) is 45.9 Å². The summed E-state index contributed by atoms with van der Waals surface area (Å²) < 4.78 is 44.1. The molecule has 2 saturated heterocycles. The molecular formula is C19H21F3N4O2. The third-order valence-electron chi connectivity index (χ3n) is 5.40. The van der Waals surface area contributed by atoms with Gasteiger partial charge in [-0.2, -0.15) is 18.3 Å². The predicted molar refractivity (Wildman–Crippen MR) is 95.0 cm³/mol. The smallest absolute Gasteiger partial charge is 0.343 e. The second-order valence-corrected chi connectivity index (χ2v) is 7.37. The van der Waals surface area contributed by atoms with Crippen molar-refractivity contribution < 1.29 is 22.7 Å². The van der Waals surface area contributed by atoms with Gasteiger partial charge in [-0.15, -0.1) is 0 Å². The van der Waals surface area contributed by atoms with Crippen LogP contribution in [0.1, 0.15) is 30.9 Å². The normalized spacial score (nSPS) is 22.6. The average molecular weight is 394 g/mol. The number of aromatic nitrogens is 2. The third-order valence-corrected chi connectivity index (χ3v) is 5.40. The highest BCUT2D eigenvalue weighted by atomic mass is 19.4. The Morgan fingerprint density at radius 1 is 1.25 bits per heavy atom. The molecule has 0 radical (unpaired) electrons. The van der Waals surface area contributed by atoms with Crippen molar-refractivity contribution in [3.05, 3.63) is 41.6 Å². The van der Waals surface area contributed by atoms with Crippen LogP contribution in [0.3, 0.4) is 0 Å². The Labute approximate surface area is 160 Å². The van der Waals surface area contributed by atoms with Crippen molar-refractivity contribution in [1.29, 1.82) is 0 Å². The molecule has 1 aromatic carbocycles. The number of rotatable bonds is 3. The summed E-state index contributed by atoms with van der Waals surface area (Å²) in [5.74, 6) is -0.0760. The number of carbonyl (C=O) groups excluding carboxylic acids is 1. The average Bonchev–Trinajstić information content (AvgIpc) is 3.21. The van der Waals surface area contributed by atoms with Gasteiger partial charge in [-0.3, -0.25) is 14.8 Å². The number of likely N-dealkylation sites (tertiary alicyclic amines) is 1. The zero-order chi connectivity index (χ0) is 19.9. The van der Waals surface area contributed by atoms with E-state index in [1.165, 1.54) is 12.1 Å². The van der Waals surface area contributed by atoms with Gasteiger partial charge in [-0.25, -0.2) is 0 Å². The van der Waals surface area contributed by atoms with Gasteiger partial charge in [0.05, 0.1) is 17.5 Å². The number of aromatic amines is 1. The van der Waals surface area contributed by atoms with E-state index in [9.17, 15) is 18.0 Å². The van der Waals surface area contributed by atoms with Crippen LogP contribution in [0.15, 0.2) is 30.5 Å². The molecule has 2 fully saturated rings. The fraction of sp³-hybridized carbons (Fsp3) is 0.474. The Morgan fingerprint density at radius 2 is 1.93 bits per heavy atom. The van der Waals surface area contributed by atoms with Crippen LogP contribution < -0.4 is 5.32 Å². The molecule has 2 aromatic rings. The summed E-state index contributed by atoms with van der Waals surface area (Å²) >= 11 is 0. The second-order valence-electron chi connectivity index (χ2n) is 7.37. The number of hydrogen-bond donors (Lipinski definition) is 2. The zero-order valence-electron chi connectivity index (χ0n) is 15.3. The molecule has 2 aliphatic heterocycles. The molecule has 1 spiro atoms. The number of alkyl halides is 3. The van der Waals surface area contributed by atoms with Gasteiger partial charge in [0, 0.05) is 38.0 Å². The van der Waals surface area contributed by atoms with Crippen LogP contribution in [0.2, 0.25) is 0 Å². The molecular weight excluding hydrogens is 373 g/mol. The van der Waals surface area contributed by atoms with Crippen molar-refractivity contribution >= 4 is 5.91 Å². The number of H-pyrrole nitrogens is 1. The quantitative estimate of drug-likeness (QED) is 0.840. The number of hydrogen-bond acceptors (Lipinski definition) is 4.